The second-order valence-corrected chi connectivity index (χ2v) is 3.71. The lowest BCUT2D eigenvalue weighted by atomic mass is 10.2. The number of hydrogen-bond acceptors (Lipinski definition) is 6. The summed E-state index contributed by atoms with van der Waals surface area (Å²) >= 11 is 0. The molecule has 116 valence electrons. The number of aliphatic carboxylic acids is 1. The monoisotopic (exact) mass is 303 g/mol. The summed E-state index contributed by atoms with van der Waals surface area (Å²) in [6.45, 7) is 1.42. The number of carbonyl (C=O) groups excluding carboxylic acids is 2. The Kier molecular flexibility index (Phi) is 7.18. The maximum absolute atomic E-state index is 11.5. The number of hydrogen-bond donors (Lipinski definition) is 5. The fourth-order valence-corrected chi connectivity index (χ4v) is 0.940. The Morgan fingerprint density at radius 3 is 2.29 bits per heavy atom. The van der Waals surface area contributed by atoms with E-state index < -0.39 is 24.0 Å². The molecule has 0 heterocycles. The van der Waals surface area contributed by atoms with Gasteiger partial charge in [-0.1, -0.05) is 0 Å². The largest absolute Gasteiger partial charge is 0.506 e. The molecule has 9 nitrogen and oxygen atoms in total. The lowest BCUT2D eigenvalue weighted by molar-refractivity contribution is -0.138. The van der Waals surface area contributed by atoms with Crippen LogP contribution in [0.4, 0.5) is 15.0 Å². The molecule has 1 rings (SSSR count). The lowest BCUT2D eigenvalue weighted by Crippen LogP contribution is -2.25. The van der Waals surface area contributed by atoms with E-state index in [0.717, 1.165) is 18.2 Å². The minimum atomic E-state index is -1.23. The Bertz CT molecular complexity index is 535. The number of rotatable bonds is 3. The Morgan fingerprint density at radius 1 is 1.38 bits per heavy atom. The molecule has 2 amide bonds. The Hall–Kier alpha value is -2.88. The zero-order valence-corrected chi connectivity index (χ0v) is 10.9. The van der Waals surface area contributed by atoms with Crippen molar-refractivity contribution in [2.75, 3.05) is 5.32 Å². The molecule has 1 aromatic rings. The molecule has 0 bridgehead atoms. The molecule has 0 aliphatic carbocycles. The fraction of sp³-hybridized carbons (Fsp3) is 0.182. The summed E-state index contributed by atoms with van der Waals surface area (Å²) in [6, 6.07) is 1.60. The van der Waals surface area contributed by atoms with E-state index in [2.05, 4.69) is 10.3 Å². The molecular formula is C11H14FN3O6. The quantitative estimate of drug-likeness (QED) is 0.502. The van der Waals surface area contributed by atoms with Crippen LogP contribution in [0.25, 0.3) is 0 Å². The van der Waals surface area contributed by atoms with Crippen molar-refractivity contribution in [2.24, 2.45) is 11.5 Å². The smallest absolute Gasteiger partial charge is 0.379 e. The molecular weight excluding hydrogens is 289 g/mol. The SMILES string of the molecule is C[C@H](N)C(=O)O.NC(=O)Nc1cc(C(=O)OF)ccc1O. The van der Waals surface area contributed by atoms with Gasteiger partial charge in [-0.2, -0.15) is 0 Å². The summed E-state index contributed by atoms with van der Waals surface area (Å²) in [4.78, 5) is 33.8. The number of benzene rings is 1. The number of carboxylic acid groups (broad SMARTS) is 1. The predicted octanol–water partition coefficient (Wildman–Crippen LogP) is 0.342. The molecule has 10 heteroatoms. The summed E-state index contributed by atoms with van der Waals surface area (Å²) in [7, 11) is 0. The van der Waals surface area contributed by atoms with Gasteiger partial charge in [-0.15, -0.1) is 0 Å². The summed E-state index contributed by atoms with van der Waals surface area (Å²) < 4.78 is 11.5. The van der Waals surface area contributed by atoms with Crippen molar-refractivity contribution in [3.05, 3.63) is 23.8 Å². The van der Waals surface area contributed by atoms with Gasteiger partial charge in [0, 0.05) is 4.53 Å². The van der Waals surface area contributed by atoms with Crippen LogP contribution in [-0.2, 0) is 9.74 Å². The van der Waals surface area contributed by atoms with Crippen LogP contribution in [0.1, 0.15) is 17.3 Å². The van der Waals surface area contributed by atoms with Crippen LogP contribution in [0.5, 0.6) is 5.75 Å². The van der Waals surface area contributed by atoms with Crippen molar-refractivity contribution in [1.82, 2.24) is 0 Å². The van der Waals surface area contributed by atoms with Gasteiger partial charge in [0.1, 0.15) is 11.8 Å². The number of aromatic hydroxyl groups is 1. The van der Waals surface area contributed by atoms with Crippen LogP contribution in [0.15, 0.2) is 18.2 Å². The van der Waals surface area contributed by atoms with Crippen molar-refractivity contribution >= 4 is 23.7 Å². The normalized spacial score (nSPS) is 10.6. The summed E-state index contributed by atoms with van der Waals surface area (Å²) in [5, 5.41) is 19.1. The highest BCUT2D eigenvalue weighted by Crippen LogP contribution is 2.24. The second kappa shape index (κ2) is 8.32. The van der Waals surface area contributed by atoms with Gasteiger partial charge < -0.3 is 27.0 Å². The van der Waals surface area contributed by atoms with E-state index in [1.165, 1.54) is 6.92 Å². The molecule has 0 saturated carbocycles. The molecule has 0 aliphatic heterocycles. The highest BCUT2D eigenvalue weighted by Gasteiger charge is 2.11. The highest BCUT2D eigenvalue weighted by atomic mass is 19.3. The molecule has 0 aliphatic rings. The van der Waals surface area contributed by atoms with Crippen molar-refractivity contribution in [3.63, 3.8) is 0 Å². The molecule has 0 fully saturated rings. The van der Waals surface area contributed by atoms with E-state index in [-0.39, 0.29) is 17.0 Å². The predicted molar refractivity (Wildman–Crippen MR) is 69.1 cm³/mol. The van der Waals surface area contributed by atoms with Crippen molar-refractivity contribution in [2.45, 2.75) is 13.0 Å². The maximum Gasteiger partial charge on any atom is 0.379 e. The Balaban J connectivity index is 0.000000567. The zero-order chi connectivity index (χ0) is 16.6. The van der Waals surface area contributed by atoms with E-state index >= 15 is 0 Å². The molecule has 0 spiro atoms. The molecule has 1 aromatic carbocycles. The van der Waals surface area contributed by atoms with Crippen LogP contribution in [0.2, 0.25) is 0 Å². The topological polar surface area (TPSA) is 165 Å². The number of phenolic OH excluding ortho intramolecular Hbond substituents is 1. The van der Waals surface area contributed by atoms with Gasteiger partial charge in [0.25, 0.3) is 0 Å². The van der Waals surface area contributed by atoms with Crippen LogP contribution in [-0.4, -0.2) is 34.2 Å². The second-order valence-electron chi connectivity index (χ2n) is 3.71. The van der Waals surface area contributed by atoms with Gasteiger partial charge in [-0.3, -0.25) is 4.79 Å². The standard InChI is InChI=1S/C8H7FN2O4.C3H7NO2/c9-15-7(13)4-1-2-6(12)5(3-4)11-8(10)14;1-2(4)3(5)6/h1-3,12H,(H3,10,11,14);2H,4H2,1H3,(H,5,6)/t;2-/m.0/s1. The van der Waals surface area contributed by atoms with Crippen molar-refractivity contribution in [1.29, 1.82) is 0 Å². The highest BCUT2D eigenvalue weighted by molar-refractivity contribution is 5.94. The van der Waals surface area contributed by atoms with Gasteiger partial charge in [0.15, 0.2) is 0 Å². The van der Waals surface area contributed by atoms with Gasteiger partial charge in [-0.25, -0.2) is 14.5 Å². The van der Waals surface area contributed by atoms with Gasteiger partial charge in [0.05, 0.1) is 11.3 Å². The summed E-state index contributed by atoms with van der Waals surface area (Å²) in [6.07, 6.45) is 0. The molecule has 1 atom stereocenters. The van der Waals surface area contributed by atoms with Gasteiger partial charge >= 0.3 is 18.0 Å². The van der Waals surface area contributed by atoms with Crippen LogP contribution in [0, 0.1) is 0 Å². The van der Waals surface area contributed by atoms with E-state index in [1.54, 1.807) is 0 Å². The van der Waals surface area contributed by atoms with E-state index in [9.17, 15) is 24.0 Å². The fourth-order valence-electron chi connectivity index (χ4n) is 0.940. The minimum absolute atomic E-state index is 0.106. The summed E-state index contributed by atoms with van der Waals surface area (Å²) in [5.41, 5.74) is 9.36. The number of urea groups is 1. The third-order valence-electron chi connectivity index (χ3n) is 1.95. The lowest BCUT2D eigenvalue weighted by Gasteiger charge is -2.05. The maximum atomic E-state index is 11.5. The first-order chi connectivity index (χ1) is 9.68. The number of carbonyl (C=O) groups is 3. The minimum Gasteiger partial charge on any atom is -0.506 e. The third kappa shape index (κ3) is 6.73. The van der Waals surface area contributed by atoms with Crippen molar-refractivity contribution in [3.8, 4) is 5.75 Å². The first-order valence-corrected chi connectivity index (χ1v) is 5.39. The number of nitrogens with one attached hydrogen (secondary N) is 1. The number of halogens is 1. The molecule has 0 radical (unpaired) electrons. The van der Waals surface area contributed by atoms with Crippen LogP contribution in [0.3, 0.4) is 0 Å². The molecule has 7 N–H and O–H groups in total. The van der Waals surface area contributed by atoms with Gasteiger partial charge in [-0.05, 0) is 25.1 Å². The number of anilines is 1. The average molecular weight is 303 g/mol. The molecule has 0 aromatic heterocycles. The van der Waals surface area contributed by atoms with Crippen LogP contribution < -0.4 is 16.8 Å². The Morgan fingerprint density at radius 2 is 1.90 bits per heavy atom. The number of amides is 2. The summed E-state index contributed by atoms with van der Waals surface area (Å²) in [5.74, 6) is -2.50. The molecule has 0 unspecified atom stereocenters. The average Bonchev–Trinajstić information content (AvgIpc) is 2.40. The van der Waals surface area contributed by atoms with E-state index in [4.69, 9.17) is 16.6 Å². The first-order valence-electron chi connectivity index (χ1n) is 5.39. The first kappa shape index (κ1) is 18.1. The number of nitrogens with two attached hydrogens (primary N) is 2. The third-order valence-corrected chi connectivity index (χ3v) is 1.95. The zero-order valence-electron chi connectivity index (χ0n) is 10.9. The number of phenols is 1. The van der Waals surface area contributed by atoms with E-state index in [1.807, 2.05) is 0 Å². The van der Waals surface area contributed by atoms with Gasteiger partial charge in [0.2, 0.25) is 0 Å². The number of carboxylic acids is 1. The molecule has 21 heavy (non-hydrogen) atoms. The van der Waals surface area contributed by atoms with E-state index in [0.29, 0.717) is 0 Å². The number of primary amides is 1. The van der Waals surface area contributed by atoms with Crippen LogP contribution >= 0.6 is 0 Å². The molecule has 0 saturated heterocycles. The Labute approximate surface area is 118 Å². The van der Waals surface area contributed by atoms with Crippen molar-refractivity contribution < 1.29 is 34.1 Å².